The molecule has 0 aromatic heterocycles. The molecule has 112 valence electrons. The molecule has 0 fully saturated rings. The molecule has 1 atom stereocenters. The molecule has 1 unspecified atom stereocenters. The molecule has 0 spiro atoms. The minimum absolute atomic E-state index is 0.0406. The van der Waals surface area contributed by atoms with E-state index < -0.39 is 0 Å². The van der Waals surface area contributed by atoms with Gasteiger partial charge in [-0.25, -0.2) is 4.39 Å². The summed E-state index contributed by atoms with van der Waals surface area (Å²) in [7, 11) is 4.98. The predicted molar refractivity (Wildman–Crippen MR) is 81.5 cm³/mol. The van der Waals surface area contributed by atoms with E-state index in [1.807, 2.05) is 37.4 Å². The van der Waals surface area contributed by atoms with Crippen LogP contribution in [0.15, 0.2) is 42.5 Å². The number of hydrogen-bond donors (Lipinski definition) is 1. The fourth-order valence-corrected chi connectivity index (χ4v) is 2.28. The fourth-order valence-electron chi connectivity index (χ4n) is 2.28. The lowest BCUT2D eigenvalue weighted by Crippen LogP contribution is -2.19. The predicted octanol–water partition coefficient (Wildman–Crippen LogP) is 3.35. The summed E-state index contributed by atoms with van der Waals surface area (Å²) in [5, 5.41) is 3.22. The van der Waals surface area contributed by atoms with Gasteiger partial charge in [0.1, 0.15) is 5.75 Å². The molecule has 0 amide bonds. The number of hydrogen-bond acceptors (Lipinski definition) is 3. The third-order valence-corrected chi connectivity index (χ3v) is 3.53. The topological polar surface area (TPSA) is 30.5 Å². The second kappa shape index (κ2) is 7.09. The number of ether oxygens (including phenoxy) is 2. The number of likely N-dealkylation sites (N-methyl/N-ethyl adjacent to an activating group) is 1. The summed E-state index contributed by atoms with van der Waals surface area (Å²) in [4.78, 5) is 0. The molecule has 0 saturated heterocycles. The van der Waals surface area contributed by atoms with Crippen molar-refractivity contribution in [3.63, 3.8) is 0 Å². The molecule has 0 aliphatic heterocycles. The summed E-state index contributed by atoms with van der Waals surface area (Å²) in [6.07, 6.45) is 0.770. The highest BCUT2D eigenvalue weighted by Crippen LogP contribution is 2.24. The van der Waals surface area contributed by atoms with Gasteiger partial charge >= 0.3 is 0 Å². The van der Waals surface area contributed by atoms with Gasteiger partial charge in [-0.15, -0.1) is 0 Å². The Kier molecular flexibility index (Phi) is 5.17. The van der Waals surface area contributed by atoms with Gasteiger partial charge < -0.3 is 14.8 Å². The highest BCUT2D eigenvalue weighted by atomic mass is 19.1. The summed E-state index contributed by atoms with van der Waals surface area (Å²) >= 11 is 0. The van der Waals surface area contributed by atoms with Gasteiger partial charge in [0.2, 0.25) is 0 Å². The maximum atomic E-state index is 13.8. The van der Waals surface area contributed by atoms with Crippen LogP contribution in [0.1, 0.15) is 17.2 Å². The van der Waals surface area contributed by atoms with Crippen molar-refractivity contribution in [2.24, 2.45) is 0 Å². The highest BCUT2D eigenvalue weighted by Gasteiger charge is 2.13. The van der Waals surface area contributed by atoms with Crippen LogP contribution >= 0.6 is 0 Å². The first-order valence-electron chi connectivity index (χ1n) is 6.81. The minimum atomic E-state index is -0.343. The van der Waals surface area contributed by atoms with Crippen molar-refractivity contribution in [1.82, 2.24) is 5.32 Å². The van der Waals surface area contributed by atoms with Crippen LogP contribution in [-0.2, 0) is 6.42 Å². The number of halogens is 1. The van der Waals surface area contributed by atoms with Gasteiger partial charge in [-0.1, -0.05) is 18.2 Å². The standard InChI is InChI=1S/C17H20FNO2/c1-19-16(10-12-4-7-14(20-2)8-5-12)13-6-9-17(21-3)15(18)11-13/h4-9,11,16,19H,10H2,1-3H3. The molecular weight excluding hydrogens is 269 g/mol. The summed E-state index contributed by atoms with van der Waals surface area (Å²) in [5.41, 5.74) is 2.05. The Balaban J connectivity index is 2.16. The second-order valence-corrected chi connectivity index (χ2v) is 4.79. The highest BCUT2D eigenvalue weighted by molar-refractivity contribution is 5.33. The molecule has 4 heteroatoms. The molecule has 2 rings (SSSR count). The normalized spacial score (nSPS) is 12.0. The average molecular weight is 289 g/mol. The van der Waals surface area contributed by atoms with Crippen molar-refractivity contribution < 1.29 is 13.9 Å². The monoisotopic (exact) mass is 289 g/mol. The Morgan fingerprint density at radius 2 is 1.76 bits per heavy atom. The van der Waals surface area contributed by atoms with E-state index in [1.165, 1.54) is 13.2 Å². The molecule has 0 aliphatic carbocycles. The van der Waals surface area contributed by atoms with E-state index in [1.54, 1.807) is 13.2 Å². The first kappa shape index (κ1) is 15.3. The Bertz CT molecular complexity index is 584. The molecule has 0 radical (unpaired) electrons. The van der Waals surface area contributed by atoms with Crippen LogP contribution in [-0.4, -0.2) is 21.3 Å². The van der Waals surface area contributed by atoms with Crippen molar-refractivity contribution >= 4 is 0 Å². The minimum Gasteiger partial charge on any atom is -0.497 e. The van der Waals surface area contributed by atoms with E-state index in [4.69, 9.17) is 9.47 Å². The third kappa shape index (κ3) is 3.73. The Morgan fingerprint density at radius 1 is 1.05 bits per heavy atom. The van der Waals surface area contributed by atoms with Crippen LogP contribution < -0.4 is 14.8 Å². The van der Waals surface area contributed by atoms with Crippen LogP contribution in [0.25, 0.3) is 0 Å². The Hall–Kier alpha value is -2.07. The van der Waals surface area contributed by atoms with Crippen molar-refractivity contribution in [2.45, 2.75) is 12.5 Å². The zero-order valence-electron chi connectivity index (χ0n) is 12.5. The SMILES string of the molecule is CNC(Cc1ccc(OC)cc1)c1ccc(OC)c(F)c1. The maximum absolute atomic E-state index is 13.8. The lowest BCUT2D eigenvalue weighted by molar-refractivity contribution is 0.385. The summed E-state index contributed by atoms with van der Waals surface area (Å²) in [5.74, 6) is 0.748. The Morgan fingerprint density at radius 3 is 2.29 bits per heavy atom. The number of nitrogens with one attached hydrogen (secondary N) is 1. The van der Waals surface area contributed by atoms with Crippen molar-refractivity contribution in [1.29, 1.82) is 0 Å². The van der Waals surface area contributed by atoms with Gasteiger partial charge in [0.25, 0.3) is 0 Å². The van der Waals surface area contributed by atoms with Crippen LogP contribution in [0.2, 0.25) is 0 Å². The number of methoxy groups -OCH3 is 2. The zero-order valence-corrected chi connectivity index (χ0v) is 12.5. The summed E-state index contributed by atoms with van der Waals surface area (Å²) in [6.45, 7) is 0. The van der Waals surface area contributed by atoms with Gasteiger partial charge in [-0.3, -0.25) is 0 Å². The molecule has 2 aromatic carbocycles. The first-order valence-corrected chi connectivity index (χ1v) is 6.81. The van der Waals surface area contributed by atoms with Crippen LogP contribution in [0.3, 0.4) is 0 Å². The maximum Gasteiger partial charge on any atom is 0.165 e. The number of rotatable bonds is 6. The molecule has 2 aromatic rings. The third-order valence-electron chi connectivity index (χ3n) is 3.53. The molecule has 0 heterocycles. The molecule has 0 bridgehead atoms. The van der Waals surface area contributed by atoms with Gasteiger partial charge in [-0.05, 0) is 48.9 Å². The fraction of sp³-hybridized carbons (Fsp3) is 0.294. The average Bonchev–Trinajstić information content (AvgIpc) is 2.53. The quantitative estimate of drug-likeness (QED) is 0.884. The smallest absolute Gasteiger partial charge is 0.165 e. The first-order chi connectivity index (χ1) is 10.2. The molecule has 0 saturated carbocycles. The second-order valence-electron chi connectivity index (χ2n) is 4.79. The van der Waals surface area contributed by atoms with Crippen molar-refractivity contribution in [2.75, 3.05) is 21.3 Å². The largest absolute Gasteiger partial charge is 0.497 e. The molecule has 21 heavy (non-hydrogen) atoms. The van der Waals surface area contributed by atoms with E-state index in [0.29, 0.717) is 0 Å². The molecule has 1 N–H and O–H groups in total. The van der Waals surface area contributed by atoms with Crippen LogP contribution in [0.5, 0.6) is 11.5 Å². The van der Waals surface area contributed by atoms with E-state index in [2.05, 4.69) is 5.32 Å². The van der Waals surface area contributed by atoms with E-state index in [-0.39, 0.29) is 17.6 Å². The van der Waals surface area contributed by atoms with Gasteiger partial charge in [0.15, 0.2) is 11.6 Å². The lowest BCUT2D eigenvalue weighted by Gasteiger charge is -2.17. The van der Waals surface area contributed by atoms with Crippen LogP contribution in [0.4, 0.5) is 4.39 Å². The van der Waals surface area contributed by atoms with Gasteiger partial charge in [0, 0.05) is 6.04 Å². The Labute approximate surface area is 124 Å². The summed E-state index contributed by atoms with van der Waals surface area (Å²) < 4.78 is 23.9. The molecule has 3 nitrogen and oxygen atoms in total. The molecule has 0 aliphatic rings. The lowest BCUT2D eigenvalue weighted by atomic mass is 9.98. The van der Waals surface area contributed by atoms with Gasteiger partial charge in [0.05, 0.1) is 14.2 Å². The zero-order chi connectivity index (χ0) is 15.2. The summed E-state index contributed by atoms with van der Waals surface area (Å²) in [6, 6.07) is 13.0. The number of benzene rings is 2. The van der Waals surface area contributed by atoms with E-state index >= 15 is 0 Å². The van der Waals surface area contributed by atoms with Crippen LogP contribution in [0, 0.1) is 5.82 Å². The van der Waals surface area contributed by atoms with Crippen molar-refractivity contribution in [3.8, 4) is 11.5 Å². The molecular formula is C17H20FNO2. The van der Waals surface area contributed by atoms with E-state index in [9.17, 15) is 4.39 Å². The van der Waals surface area contributed by atoms with E-state index in [0.717, 1.165) is 23.3 Å². The van der Waals surface area contributed by atoms with Crippen molar-refractivity contribution in [3.05, 3.63) is 59.4 Å². The van der Waals surface area contributed by atoms with Gasteiger partial charge in [-0.2, -0.15) is 0 Å².